The monoisotopic (exact) mass is 407 g/mol. The van der Waals surface area contributed by atoms with Crippen molar-refractivity contribution in [2.75, 3.05) is 25.4 Å². The molecule has 0 radical (unpaired) electrons. The van der Waals surface area contributed by atoms with Gasteiger partial charge in [-0.25, -0.2) is 0 Å². The van der Waals surface area contributed by atoms with Crippen LogP contribution < -0.4 is 0 Å². The van der Waals surface area contributed by atoms with Crippen LogP contribution in [-0.4, -0.2) is 45.6 Å². The molecule has 0 aromatic heterocycles. The summed E-state index contributed by atoms with van der Waals surface area (Å²) in [5.41, 5.74) is 2.11. The first-order valence-electron chi connectivity index (χ1n) is 9.07. The van der Waals surface area contributed by atoms with E-state index in [1.165, 1.54) is 0 Å². The molecule has 6 heteroatoms. The quantitative estimate of drug-likeness (QED) is 0.759. The third-order valence-electron chi connectivity index (χ3n) is 4.93. The van der Waals surface area contributed by atoms with Crippen molar-refractivity contribution >= 4 is 29.2 Å². The van der Waals surface area contributed by atoms with Crippen LogP contribution >= 0.6 is 12.4 Å². The Morgan fingerprint density at radius 2 is 1.63 bits per heavy atom. The molecule has 2 aromatic rings. The molecule has 1 heterocycles. The molecule has 3 rings (SSSR count). The topological polar surface area (TPSA) is 57.6 Å². The van der Waals surface area contributed by atoms with Gasteiger partial charge in [-0.1, -0.05) is 60.7 Å². The third kappa shape index (κ3) is 5.89. The molecule has 2 atom stereocenters. The minimum Gasteiger partial charge on any atom is -0.481 e. The van der Waals surface area contributed by atoms with Gasteiger partial charge in [0.25, 0.3) is 0 Å². The Morgan fingerprint density at radius 1 is 1.07 bits per heavy atom. The second kappa shape index (κ2) is 10.6. The van der Waals surface area contributed by atoms with Crippen LogP contribution in [0.5, 0.6) is 0 Å². The molecule has 1 aliphatic rings. The Morgan fingerprint density at radius 3 is 2.15 bits per heavy atom. The van der Waals surface area contributed by atoms with Gasteiger partial charge in [0.15, 0.2) is 0 Å². The van der Waals surface area contributed by atoms with Crippen molar-refractivity contribution in [1.29, 1.82) is 0 Å². The molecule has 1 fully saturated rings. The van der Waals surface area contributed by atoms with Crippen LogP contribution in [-0.2, 0) is 15.6 Å². The first kappa shape index (κ1) is 21.6. The van der Waals surface area contributed by atoms with E-state index in [1.807, 2.05) is 60.7 Å². The molecule has 1 unspecified atom stereocenters. The van der Waals surface area contributed by atoms with Crippen LogP contribution in [0.1, 0.15) is 29.2 Å². The highest BCUT2D eigenvalue weighted by atomic mass is 35.5. The number of nitrogens with zero attached hydrogens (tertiary/aromatic N) is 1. The van der Waals surface area contributed by atoms with Gasteiger partial charge in [-0.15, -0.1) is 12.4 Å². The highest BCUT2D eigenvalue weighted by Gasteiger charge is 2.27. The van der Waals surface area contributed by atoms with Crippen LogP contribution in [0, 0.1) is 5.92 Å². The summed E-state index contributed by atoms with van der Waals surface area (Å²) in [5, 5.41) is 9.08. The predicted molar refractivity (Wildman–Crippen MR) is 112 cm³/mol. The zero-order valence-electron chi connectivity index (χ0n) is 15.2. The van der Waals surface area contributed by atoms with E-state index >= 15 is 0 Å². The molecule has 146 valence electrons. The largest absolute Gasteiger partial charge is 0.481 e. The minimum absolute atomic E-state index is 0. The second-order valence-corrected chi connectivity index (χ2v) is 8.41. The lowest BCUT2D eigenvalue weighted by molar-refractivity contribution is -0.143. The van der Waals surface area contributed by atoms with E-state index in [9.17, 15) is 14.1 Å². The molecule has 2 aromatic carbocycles. The molecule has 1 saturated heterocycles. The van der Waals surface area contributed by atoms with Crippen molar-refractivity contribution in [3.63, 3.8) is 0 Å². The molecule has 0 spiro atoms. The van der Waals surface area contributed by atoms with E-state index in [4.69, 9.17) is 0 Å². The number of halogens is 1. The standard InChI is InChI=1S/C21H25NO3S.ClH/c23-21(24)19-12-7-13-22(16-19)14-15-26(25)20(17-8-3-1-4-9-17)18-10-5-2-6-11-18;/h1-6,8-11,19-20H,7,12-16H2,(H,23,24);1H/t19-,26?;/m1./s1. The lowest BCUT2D eigenvalue weighted by atomic mass is 9.98. The van der Waals surface area contributed by atoms with Gasteiger partial charge in [-0.3, -0.25) is 9.00 Å². The summed E-state index contributed by atoms with van der Waals surface area (Å²) in [7, 11) is -1.07. The lowest BCUT2D eigenvalue weighted by Crippen LogP contribution is -2.40. The van der Waals surface area contributed by atoms with E-state index in [0.717, 1.165) is 30.5 Å². The van der Waals surface area contributed by atoms with E-state index in [1.54, 1.807) is 0 Å². The van der Waals surface area contributed by atoms with Crippen molar-refractivity contribution in [3.8, 4) is 0 Å². The Hall–Kier alpha value is -1.69. The number of piperidine rings is 1. The Labute approximate surface area is 169 Å². The van der Waals surface area contributed by atoms with Gasteiger partial charge in [-0.2, -0.15) is 0 Å². The van der Waals surface area contributed by atoms with Crippen molar-refractivity contribution in [2.45, 2.75) is 18.1 Å². The Balaban J connectivity index is 0.00000261. The molecular weight excluding hydrogens is 382 g/mol. The Kier molecular flexibility index (Phi) is 8.48. The van der Waals surface area contributed by atoms with Gasteiger partial charge in [0.2, 0.25) is 0 Å². The summed E-state index contributed by atoms with van der Waals surface area (Å²) in [5.74, 6) is -0.473. The van der Waals surface area contributed by atoms with Crippen molar-refractivity contribution < 1.29 is 14.1 Å². The van der Waals surface area contributed by atoms with Gasteiger partial charge < -0.3 is 10.0 Å². The van der Waals surface area contributed by atoms with Gasteiger partial charge in [0.1, 0.15) is 0 Å². The maximum absolute atomic E-state index is 13.2. The molecule has 0 amide bonds. The van der Waals surface area contributed by atoms with Crippen molar-refractivity contribution in [2.24, 2.45) is 5.92 Å². The Bertz CT molecular complexity index is 702. The first-order chi connectivity index (χ1) is 12.6. The van der Waals surface area contributed by atoms with Gasteiger partial charge in [-0.05, 0) is 30.5 Å². The number of carboxylic acid groups (broad SMARTS) is 1. The highest BCUT2D eigenvalue weighted by Crippen LogP contribution is 2.28. The number of carbonyl (C=O) groups is 1. The summed E-state index contributed by atoms with van der Waals surface area (Å²) < 4.78 is 13.2. The van der Waals surface area contributed by atoms with E-state index in [-0.39, 0.29) is 23.6 Å². The fraction of sp³-hybridized carbons (Fsp3) is 0.381. The van der Waals surface area contributed by atoms with Gasteiger partial charge in [0.05, 0.1) is 11.2 Å². The third-order valence-corrected chi connectivity index (χ3v) is 6.59. The fourth-order valence-corrected chi connectivity index (χ4v) is 5.14. The molecule has 4 nitrogen and oxygen atoms in total. The van der Waals surface area contributed by atoms with Crippen molar-refractivity contribution in [1.82, 2.24) is 4.90 Å². The lowest BCUT2D eigenvalue weighted by Gasteiger charge is -2.30. The zero-order chi connectivity index (χ0) is 18.4. The molecule has 0 aliphatic carbocycles. The average Bonchev–Trinajstić information content (AvgIpc) is 2.68. The van der Waals surface area contributed by atoms with Crippen LogP contribution in [0.15, 0.2) is 60.7 Å². The number of benzene rings is 2. The summed E-state index contributed by atoms with van der Waals surface area (Å²) in [4.78, 5) is 13.4. The van der Waals surface area contributed by atoms with E-state index in [0.29, 0.717) is 18.8 Å². The molecule has 0 bridgehead atoms. The van der Waals surface area contributed by atoms with Crippen LogP contribution in [0.3, 0.4) is 0 Å². The summed E-state index contributed by atoms with van der Waals surface area (Å²) >= 11 is 0. The number of hydrogen-bond acceptors (Lipinski definition) is 3. The maximum Gasteiger partial charge on any atom is 0.307 e. The number of hydrogen-bond donors (Lipinski definition) is 1. The SMILES string of the molecule is Cl.O=C(O)[C@@H]1CCCN(CCS(=O)C(c2ccccc2)c2ccccc2)C1. The average molecular weight is 408 g/mol. The first-order valence-corrected chi connectivity index (χ1v) is 10.5. The number of aliphatic carboxylic acids is 1. The van der Waals surface area contributed by atoms with Crippen LogP contribution in [0.25, 0.3) is 0 Å². The normalized spacial score (nSPS) is 18.6. The summed E-state index contributed by atoms with van der Waals surface area (Å²) in [6.45, 7) is 2.13. The molecule has 1 aliphatic heterocycles. The maximum atomic E-state index is 13.2. The molecule has 27 heavy (non-hydrogen) atoms. The molecular formula is C21H26ClNO3S. The smallest absolute Gasteiger partial charge is 0.307 e. The van der Waals surface area contributed by atoms with Crippen molar-refractivity contribution in [3.05, 3.63) is 71.8 Å². The summed E-state index contributed by atoms with van der Waals surface area (Å²) in [6, 6.07) is 19.9. The number of likely N-dealkylation sites (tertiary alicyclic amines) is 1. The molecule has 1 N–H and O–H groups in total. The van der Waals surface area contributed by atoms with Crippen LogP contribution in [0.2, 0.25) is 0 Å². The number of rotatable bonds is 7. The number of carboxylic acids is 1. The highest BCUT2D eigenvalue weighted by molar-refractivity contribution is 7.85. The van der Waals surface area contributed by atoms with E-state index < -0.39 is 16.8 Å². The van der Waals surface area contributed by atoms with Gasteiger partial charge in [0, 0.05) is 29.6 Å². The summed E-state index contributed by atoms with van der Waals surface area (Å²) in [6.07, 6.45) is 1.63. The van der Waals surface area contributed by atoms with E-state index in [2.05, 4.69) is 4.90 Å². The minimum atomic E-state index is -1.07. The van der Waals surface area contributed by atoms with Crippen LogP contribution in [0.4, 0.5) is 0 Å². The zero-order valence-corrected chi connectivity index (χ0v) is 16.8. The second-order valence-electron chi connectivity index (χ2n) is 6.76. The fourth-order valence-electron chi connectivity index (χ4n) is 3.55. The predicted octanol–water partition coefficient (Wildman–Crippen LogP) is 3.74. The van der Waals surface area contributed by atoms with Gasteiger partial charge >= 0.3 is 5.97 Å². The molecule has 0 saturated carbocycles.